The van der Waals surface area contributed by atoms with Crippen molar-refractivity contribution in [3.8, 4) is 0 Å². The largest absolute Gasteiger partial charge is 0.458 e. The van der Waals surface area contributed by atoms with E-state index in [4.69, 9.17) is 14.4 Å². The first-order valence-corrected chi connectivity index (χ1v) is 11.6. The molecule has 12 heteroatoms. The fourth-order valence-corrected chi connectivity index (χ4v) is 7.56. The maximum atomic E-state index is 13.3. The Bertz CT molecular complexity index is 1050. The van der Waals surface area contributed by atoms with E-state index in [9.17, 15) is 34.6 Å². The number of rotatable bonds is 7. The summed E-state index contributed by atoms with van der Waals surface area (Å²) in [4.78, 5) is 70.1. The van der Waals surface area contributed by atoms with Crippen molar-refractivity contribution < 1.29 is 39.0 Å². The number of Topliss-reactive ketones (excluding diaryl/α,β-unsaturated/α-hetero) is 1. The second-order valence-electron chi connectivity index (χ2n) is 10.4. The normalized spacial score (nSPS) is 39.4. The quantitative estimate of drug-likeness (QED) is 0.293. The molecule has 0 N–H and O–H groups in total. The number of carbonyl (C=O) groups is 3. The molecule has 0 heterocycles. The highest BCUT2D eigenvalue weighted by molar-refractivity contribution is 6.01. The number of fused-ring (bicyclic) bond motifs is 5. The summed E-state index contributed by atoms with van der Waals surface area (Å²) in [5, 5.41) is 21.2. The van der Waals surface area contributed by atoms with E-state index in [1.807, 2.05) is 6.92 Å². The van der Waals surface area contributed by atoms with Crippen LogP contribution in [0.25, 0.3) is 0 Å². The molecular weight excluding hydrogens is 464 g/mol. The van der Waals surface area contributed by atoms with Gasteiger partial charge in [0.25, 0.3) is 10.2 Å². The van der Waals surface area contributed by atoms with Crippen LogP contribution in [0.1, 0.15) is 52.9 Å². The van der Waals surface area contributed by atoms with E-state index in [1.54, 1.807) is 19.1 Å². The van der Waals surface area contributed by atoms with Gasteiger partial charge in [-0.25, -0.2) is 0 Å². The summed E-state index contributed by atoms with van der Waals surface area (Å²) in [6.45, 7) is 4.03. The van der Waals surface area contributed by atoms with E-state index in [2.05, 4.69) is 0 Å². The molecule has 0 bridgehead atoms. The third-order valence-corrected chi connectivity index (χ3v) is 8.90. The Morgan fingerprint density at radius 1 is 1.17 bits per heavy atom. The van der Waals surface area contributed by atoms with Crippen molar-refractivity contribution in [2.75, 3.05) is 6.61 Å². The predicted octanol–water partition coefficient (Wildman–Crippen LogP) is 2.56. The second kappa shape index (κ2) is 8.42. The van der Waals surface area contributed by atoms with Gasteiger partial charge in [-0.3, -0.25) is 19.2 Å². The lowest BCUT2D eigenvalue weighted by atomic mass is 9.46. The van der Waals surface area contributed by atoms with Crippen LogP contribution in [0.15, 0.2) is 23.8 Å². The van der Waals surface area contributed by atoms with Crippen LogP contribution in [0.2, 0.25) is 0 Å². The van der Waals surface area contributed by atoms with Gasteiger partial charge in [0.2, 0.25) is 5.78 Å². The number of nitrogens with zero attached hydrogens (tertiary/aromatic N) is 2. The summed E-state index contributed by atoms with van der Waals surface area (Å²) in [5.41, 5.74) is -2.92. The molecule has 1 unspecified atom stereocenters. The summed E-state index contributed by atoms with van der Waals surface area (Å²) >= 11 is 0. The van der Waals surface area contributed by atoms with Crippen molar-refractivity contribution in [3.63, 3.8) is 0 Å². The number of ketones is 2. The highest BCUT2D eigenvalue weighted by Crippen LogP contribution is 2.68. The first-order valence-electron chi connectivity index (χ1n) is 11.6. The van der Waals surface area contributed by atoms with Gasteiger partial charge in [0.1, 0.15) is 6.10 Å². The van der Waals surface area contributed by atoms with E-state index in [0.29, 0.717) is 19.3 Å². The minimum absolute atomic E-state index is 0.0113. The zero-order valence-electron chi connectivity index (χ0n) is 19.8. The van der Waals surface area contributed by atoms with Crippen LogP contribution in [0, 0.1) is 48.8 Å². The molecule has 0 amide bonds. The Balaban J connectivity index is 1.80. The molecule has 7 atom stereocenters. The molecule has 0 aromatic carbocycles. The van der Waals surface area contributed by atoms with Crippen LogP contribution in [-0.4, -0.2) is 46.0 Å². The van der Waals surface area contributed by atoms with Crippen molar-refractivity contribution in [2.24, 2.45) is 28.6 Å². The lowest BCUT2D eigenvalue weighted by Gasteiger charge is -2.60. The molecule has 0 radical (unpaired) electrons. The third kappa shape index (κ3) is 3.79. The highest BCUT2D eigenvalue weighted by atomic mass is 17.0. The molecule has 0 aliphatic heterocycles. The second-order valence-corrected chi connectivity index (χ2v) is 10.4. The number of hydrogen-bond acceptors (Lipinski definition) is 10. The minimum atomic E-state index is -1.94. The Labute approximate surface area is 200 Å². The van der Waals surface area contributed by atoms with Gasteiger partial charge in [-0.05, 0) is 56.1 Å². The van der Waals surface area contributed by atoms with E-state index in [0.717, 1.165) is 12.5 Å². The van der Waals surface area contributed by atoms with E-state index in [1.165, 1.54) is 6.08 Å². The average molecular weight is 492 g/mol. The lowest BCUT2D eigenvalue weighted by molar-refractivity contribution is -0.784. The fourth-order valence-electron chi connectivity index (χ4n) is 7.56. The van der Waals surface area contributed by atoms with Gasteiger partial charge >= 0.3 is 5.97 Å². The molecule has 0 spiro atoms. The topological polar surface area (TPSA) is 165 Å². The molecular formula is C23H28N2O10. The molecule has 0 saturated heterocycles. The molecule has 190 valence electrons. The predicted molar refractivity (Wildman–Crippen MR) is 116 cm³/mol. The highest BCUT2D eigenvalue weighted by Gasteiger charge is 2.71. The zero-order chi connectivity index (χ0) is 25.8. The number of ether oxygens (including phenoxy) is 1. The fraction of sp³-hybridized carbons (Fsp3) is 0.696. The summed E-state index contributed by atoms with van der Waals surface area (Å²) in [6.07, 6.45) is 5.35. The van der Waals surface area contributed by atoms with Crippen molar-refractivity contribution in [2.45, 2.75) is 64.6 Å². The van der Waals surface area contributed by atoms with Gasteiger partial charge in [-0.15, -0.1) is 20.2 Å². The molecule has 0 aromatic rings. The number of hydrogen-bond donors (Lipinski definition) is 0. The van der Waals surface area contributed by atoms with Crippen LogP contribution in [0.4, 0.5) is 0 Å². The van der Waals surface area contributed by atoms with Gasteiger partial charge in [0.15, 0.2) is 18.0 Å². The van der Waals surface area contributed by atoms with Gasteiger partial charge in [-0.1, -0.05) is 25.5 Å². The smallest absolute Gasteiger partial charge is 0.303 e. The molecule has 4 rings (SSSR count). The summed E-state index contributed by atoms with van der Waals surface area (Å²) in [7, 11) is 0. The standard InChI is InChI=1S/C23H28N2O10/c1-13(26)33-12-19(28)23(35-25(31)32)9-7-17-16-5-4-14-10-15(27)6-8-21(14,2)20(16)18(34-24(29)30)11-22(17,23)3/h6,8,10,16-18,20H,4-5,7,9,11-12H2,1-3H3/t16?,17-,18-,20+,21-,22-,23-/m0/s1. The molecule has 0 aromatic heterocycles. The van der Waals surface area contributed by atoms with Gasteiger partial charge in [0.05, 0.1) is 0 Å². The van der Waals surface area contributed by atoms with Crippen LogP contribution in [0.5, 0.6) is 0 Å². The zero-order valence-corrected chi connectivity index (χ0v) is 19.8. The monoisotopic (exact) mass is 492 g/mol. The van der Waals surface area contributed by atoms with Crippen molar-refractivity contribution in [1.29, 1.82) is 0 Å². The number of esters is 1. The van der Waals surface area contributed by atoms with Gasteiger partial charge in [-0.2, -0.15) is 0 Å². The average Bonchev–Trinajstić information content (AvgIpc) is 3.04. The maximum Gasteiger partial charge on any atom is 0.303 e. The summed E-state index contributed by atoms with van der Waals surface area (Å²) in [6, 6.07) is 0. The van der Waals surface area contributed by atoms with E-state index in [-0.39, 0.29) is 36.4 Å². The first kappa shape index (κ1) is 24.8. The molecule has 12 nitrogen and oxygen atoms in total. The van der Waals surface area contributed by atoms with Crippen molar-refractivity contribution in [3.05, 3.63) is 44.0 Å². The molecule has 4 aliphatic carbocycles. The van der Waals surface area contributed by atoms with Gasteiger partial charge < -0.3 is 9.57 Å². The molecule has 3 saturated carbocycles. The molecule has 3 fully saturated rings. The van der Waals surface area contributed by atoms with Crippen LogP contribution >= 0.6 is 0 Å². The minimum Gasteiger partial charge on any atom is -0.458 e. The maximum absolute atomic E-state index is 13.3. The van der Waals surface area contributed by atoms with E-state index >= 15 is 0 Å². The number of allylic oxidation sites excluding steroid dienone is 4. The lowest BCUT2D eigenvalue weighted by Crippen LogP contribution is -2.63. The van der Waals surface area contributed by atoms with E-state index < -0.39 is 51.1 Å². The van der Waals surface area contributed by atoms with Gasteiger partial charge in [0, 0.05) is 23.7 Å². The Kier molecular flexibility index (Phi) is 5.97. The SMILES string of the molecule is CC(=O)OCC(=O)[C@@]1(O[N+](=O)[O-])CC[C@H]2C3CCC4=CC(=O)C=C[C@]4(C)[C@H]3[C@@H](O[N+](=O)[O-])C[C@@]21C. The van der Waals surface area contributed by atoms with Crippen LogP contribution in [0.3, 0.4) is 0 Å². The number of carbonyl (C=O) groups excluding carboxylic acids is 3. The van der Waals surface area contributed by atoms with Crippen molar-refractivity contribution >= 4 is 17.5 Å². The third-order valence-electron chi connectivity index (χ3n) is 8.90. The van der Waals surface area contributed by atoms with Crippen LogP contribution in [-0.2, 0) is 28.8 Å². The summed E-state index contributed by atoms with van der Waals surface area (Å²) in [5.74, 6) is -2.42. The molecule has 4 aliphatic rings. The van der Waals surface area contributed by atoms with Crippen LogP contribution < -0.4 is 0 Å². The Morgan fingerprint density at radius 3 is 2.51 bits per heavy atom. The summed E-state index contributed by atoms with van der Waals surface area (Å²) < 4.78 is 4.86. The van der Waals surface area contributed by atoms with Crippen molar-refractivity contribution in [1.82, 2.24) is 0 Å². The Hall–Kier alpha value is -3.31. The first-order chi connectivity index (χ1) is 16.3. The molecule has 35 heavy (non-hydrogen) atoms. The Morgan fingerprint density at radius 2 is 1.89 bits per heavy atom.